The maximum Gasteiger partial charge on any atom is 0.246 e. The van der Waals surface area contributed by atoms with Crippen LogP contribution in [0.3, 0.4) is 0 Å². The van der Waals surface area contributed by atoms with E-state index in [0.717, 1.165) is 40.3 Å². The lowest BCUT2D eigenvalue weighted by Crippen LogP contribution is -2.23. The van der Waals surface area contributed by atoms with E-state index in [0.29, 0.717) is 15.8 Å². The molecule has 1 aromatic carbocycles. The van der Waals surface area contributed by atoms with Crippen LogP contribution in [0.15, 0.2) is 24.3 Å². The summed E-state index contributed by atoms with van der Waals surface area (Å²) in [5.74, 6) is 1.57. The minimum atomic E-state index is 0.666. The third kappa shape index (κ3) is 2.83. The van der Waals surface area contributed by atoms with Crippen molar-refractivity contribution in [2.45, 2.75) is 20.8 Å². The molecule has 0 unspecified atom stereocenters. The summed E-state index contributed by atoms with van der Waals surface area (Å²) < 4.78 is 0. The number of anilines is 1. The van der Waals surface area contributed by atoms with Gasteiger partial charge in [-0.3, -0.25) is 0 Å². The summed E-state index contributed by atoms with van der Waals surface area (Å²) in [5.41, 5.74) is 1.89. The molecule has 0 radical (unpaired) electrons. The zero-order chi connectivity index (χ0) is 17.3. The van der Waals surface area contributed by atoms with Crippen molar-refractivity contribution < 1.29 is 0 Å². The Kier molecular flexibility index (Phi) is 4.70. The van der Waals surface area contributed by atoms with Gasteiger partial charge in [-0.15, -0.1) is 11.3 Å². The highest BCUT2D eigenvalue weighted by molar-refractivity contribution is 7.22. The van der Waals surface area contributed by atoms with Gasteiger partial charge in [-0.1, -0.05) is 11.6 Å². The predicted molar refractivity (Wildman–Crippen MR) is 102 cm³/mol. The fraction of sp³-hybridized carbons (Fsp3) is 0.278. The predicted octanol–water partition coefficient (Wildman–Crippen LogP) is 5.72. The van der Waals surface area contributed by atoms with E-state index in [9.17, 15) is 0 Å². The standard InChI is InChI=1S/C18H17ClN4S/c1-5-23(6-2)16-14-11(3)17(20-4)24-18(14)22-15(21-16)12-7-9-13(19)10-8-12/h7-10H,5-6H2,1-3H3. The minimum absolute atomic E-state index is 0.666. The number of thiophene rings is 1. The van der Waals surface area contributed by atoms with Crippen LogP contribution in [0.2, 0.25) is 5.02 Å². The summed E-state index contributed by atoms with van der Waals surface area (Å²) in [7, 11) is 0. The smallest absolute Gasteiger partial charge is 0.246 e. The molecule has 2 heterocycles. The summed E-state index contributed by atoms with van der Waals surface area (Å²) in [6.45, 7) is 15.3. The van der Waals surface area contributed by atoms with Crippen LogP contribution in [0.4, 0.5) is 10.8 Å². The lowest BCUT2D eigenvalue weighted by Gasteiger charge is -2.21. The van der Waals surface area contributed by atoms with E-state index in [1.807, 2.05) is 31.2 Å². The van der Waals surface area contributed by atoms with E-state index >= 15 is 0 Å². The second-order valence-electron chi connectivity index (χ2n) is 5.37. The second kappa shape index (κ2) is 6.76. The van der Waals surface area contributed by atoms with Gasteiger partial charge in [-0.05, 0) is 50.6 Å². The molecule has 0 amide bonds. The average molecular weight is 357 g/mol. The summed E-state index contributed by atoms with van der Waals surface area (Å²) >= 11 is 7.41. The first-order valence-electron chi connectivity index (χ1n) is 7.78. The molecule has 0 fully saturated rings. The van der Waals surface area contributed by atoms with Crippen LogP contribution in [0.1, 0.15) is 19.4 Å². The van der Waals surface area contributed by atoms with Crippen molar-refractivity contribution in [3.63, 3.8) is 0 Å². The van der Waals surface area contributed by atoms with Gasteiger partial charge in [0.05, 0.1) is 6.57 Å². The molecule has 0 bridgehead atoms. The first kappa shape index (κ1) is 16.7. The number of hydrogen-bond acceptors (Lipinski definition) is 4. The number of rotatable bonds is 4. The molecule has 0 saturated carbocycles. The maximum absolute atomic E-state index is 7.38. The van der Waals surface area contributed by atoms with E-state index < -0.39 is 0 Å². The highest BCUT2D eigenvalue weighted by Gasteiger charge is 2.19. The Morgan fingerprint density at radius 1 is 1.17 bits per heavy atom. The zero-order valence-corrected chi connectivity index (χ0v) is 15.4. The lowest BCUT2D eigenvalue weighted by atomic mass is 10.2. The van der Waals surface area contributed by atoms with Gasteiger partial charge in [0, 0.05) is 29.1 Å². The molecule has 3 aromatic rings. The molecule has 3 rings (SSSR count). The van der Waals surface area contributed by atoms with Crippen molar-refractivity contribution in [3.8, 4) is 11.4 Å². The number of hydrogen-bond donors (Lipinski definition) is 0. The first-order valence-corrected chi connectivity index (χ1v) is 8.97. The normalized spacial score (nSPS) is 10.8. The monoisotopic (exact) mass is 356 g/mol. The molecule has 0 aliphatic carbocycles. The molecular formula is C18H17ClN4S. The van der Waals surface area contributed by atoms with Gasteiger partial charge in [0.25, 0.3) is 0 Å². The van der Waals surface area contributed by atoms with Gasteiger partial charge < -0.3 is 4.90 Å². The highest BCUT2D eigenvalue weighted by atomic mass is 35.5. The van der Waals surface area contributed by atoms with E-state index in [1.54, 1.807) is 0 Å². The van der Waals surface area contributed by atoms with Gasteiger partial charge in [0.2, 0.25) is 5.00 Å². The van der Waals surface area contributed by atoms with E-state index in [4.69, 9.17) is 28.1 Å². The Morgan fingerprint density at radius 3 is 2.42 bits per heavy atom. The molecule has 4 nitrogen and oxygen atoms in total. The van der Waals surface area contributed by atoms with Gasteiger partial charge >= 0.3 is 0 Å². The first-order chi connectivity index (χ1) is 11.6. The minimum Gasteiger partial charge on any atom is -0.357 e. The van der Waals surface area contributed by atoms with E-state index in [2.05, 4.69) is 23.6 Å². The van der Waals surface area contributed by atoms with Gasteiger partial charge in [-0.25, -0.2) is 14.8 Å². The van der Waals surface area contributed by atoms with Crippen LogP contribution in [0, 0.1) is 13.5 Å². The summed E-state index contributed by atoms with van der Waals surface area (Å²) in [4.78, 5) is 16.2. The molecule has 2 aromatic heterocycles. The van der Waals surface area contributed by atoms with E-state index in [1.165, 1.54) is 11.3 Å². The molecule has 0 aliphatic rings. The van der Waals surface area contributed by atoms with Crippen molar-refractivity contribution in [3.05, 3.63) is 46.3 Å². The summed E-state index contributed by atoms with van der Waals surface area (Å²) in [6, 6.07) is 7.52. The van der Waals surface area contributed by atoms with Crippen LogP contribution in [0.5, 0.6) is 0 Å². The Bertz CT molecular complexity index is 921. The van der Waals surface area contributed by atoms with Crippen LogP contribution in [-0.4, -0.2) is 23.1 Å². The molecular weight excluding hydrogens is 340 g/mol. The highest BCUT2D eigenvalue weighted by Crippen LogP contribution is 2.41. The fourth-order valence-electron chi connectivity index (χ4n) is 2.69. The van der Waals surface area contributed by atoms with Crippen LogP contribution in [0.25, 0.3) is 26.4 Å². The van der Waals surface area contributed by atoms with Crippen molar-refractivity contribution in [1.82, 2.24) is 9.97 Å². The molecule has 0 atom stereocenters. The van der Waals surface area contributed by atoms with Crippen molar-refractivity contribution >= 4 is 44.0 Å². The lowest BCUT2D eigenvalue weighted by molar-refractivity contribution is 0.850. The number of benzene rings is 1. The van der Waals surface area contributed by atoms with Gasteiger partial charge in [-0.2, -0.15) is 0 Å². The topological polar surface area (TPSA) is 33.4 Å². The van der Waals surface area contributed by atoms with Crippen LogP contribution < -0.4 is 4.90 Å². The number of halogens is 1. The van der Waals surface area contributed by atoms with Gasteiger partial charge in [0.1, 0.15) is 10.6 Å². The average Bonchev–Trinajstić information content (AvgIpc) is 2.92. The SMILES string of the molecule is [C-]#[N+]c1sc2nc(-c3ccc(Cl)cc3)nc(N(CC)CC)c2c1C. The fourth-order valence-corrected chi connectivity index (χ4v) is 3.78. The number of fused-ring (bicyclic) bond motifs is 1. The van der Waals surface area contributed by atoms with Gasteiger partial charge in [0.15, 0.2) is 5.82 Å². The number of aromatic nitrogens is 2. The largest absolute Gasteiger partial charge is 0.357 e. The molecule has 122 valence electrons. The Labute approximate surface area is 150 Å². The third-order valence-corrected chi connectivity index (χ3v) is 5.34. The number of aryl methyl sites for hydroxylation is 1. The molecule has 0 saturated heterocycles. The second-order valence-corrected chi connectivity index (χ2v) is 6.79. The summed E-state index contributed by atoms with van der Waals surface area (Å²) in [6.07, 6.45) is 0. The Balaban J connectivity index is 2.30. The Morgan fingerprint density at radius 2 is 1.83 bits per heavy atom. The third-order valence-electron chi connectivity index (χ3n) is 4.01. The van der Waals surface area contributed by atoms with Crippen molar-refractivity contribution in [1.29, 1.82) is 0 Å². The molecule has 24 heavy (non-hydrogen) atoms. The molecule has 0 aliphatic heterocycles. The van der Waals surface area contributed by atoms with Crippen LogP contribution in [-0.2, 0) is 0 Å². The molecule has 6 heteroatoms. The van der Waals surface area contributed by atoms with Crippen molar-refractivity contribution in [2.75, 3.05) is 18.0 Å². The van der Waals surface area contributed by atoms with Crippen molar-refractivity contribution in [2.24, 2.45) is 0 Å². The maximum atomic E-state index is 7.38. The van der Waals surface area contributed by atoms with Crippen LogP contribution >= 0.6 is 22.9 Å². The molecule has 0 N–H and O–H groups in total. The number of nitrogens with zero attached hydrogens (tertiary/aromatic N) is 4. The molecule has 0 spiro atoms. The van der Waals surface area contributed by atoms with E-state index in [-0.39, 0.29) is 0 Å². The summed E-state index contributed by atoms with van der Waals surface area (Å²) in [5, 5.41) is 2.36. The Hall–Kier alpha value is -2.16. The quantitative estimate of drug-likeness (QED) is 0.561. The zero-order valence-electron chi connectivity index (χ0n) is 13.8.